The molecule has 0 bridgehead atoms. The first kappa shape index (κ1) is 9.12. The maximum Gasteiger partial charge on any atom is 0.259 e. The minimum Gasteiger partial charge on any atom is -0.509 e. The van der Waals surface area contributed by atoms with Crippen LogP contribution >= 0.6 is 12.6 Å². The van der Waals surface area contributed by atoms with Crippen molar-refractivity contribution in [1.82, 2.24) is 5.32 Å². The number of hydrogen-bond donors (Lipinski definition) is 3. The van der Waals surface area contributed by atoms with Crippen molar-refractivity contribution in [2.75, 3.05) is 5.75 Å². The SMILES string of the molecule is CC(=O)C1=C(O)C(CS)NC1=O. The molecule has 12 heavy (non-hydrogen) atoms. The minimum atomic E-state index is -0.515. The maximum absolute atomic E-state index is 11.0. The molecule has 1 rings (SSSR count). The van der Waals surface area contributed by atoms with Gasteiger partial charge in [-0.2, -0.15) is 12.6 Å². The Labute approximate surface area is 75.1 Å². The fraction of sp³-hybridized carbons (Fsp3) is 0.429. The Kier molecular flexibility index (Phi) is 2.42. The van der Waals surface area contributed by atoms with E-state index in [2.05, 4.69) is 17.9 Å². The highest BCUT2D eigenvalue weighted by Crippen LogP contribution is 2.16. The monoisotopic (exact) mass is 187 g/mol. The van der Waals surface area contributed by atoms with Crippen LogP contribution < -0.4 is 5.32 Å². The summed E-state index contributed by atoms with van der Waals surface area (Å²) >= 11 is 3.90. The molecule has 0 aliphatic carbocycles. The molecule has 1 amide bonds. The third-order valence-electron chi connectivity index (χ3n) is 1.65. The number of nitrogens with one attached hydrogen (secondary N) is 1. The highest BCUT2D eigenvalue weighted by molar-refractivity contribution is 7.80. The van der Waals surface area contributed by atoms with Gasteiger partial charge in [0.05, 0.1) is 6.04 Å². The van der Waals surface area contributed by atoms with Crippen LogP contribution in [0.5, 0.6) is 0 Å². The van der Waals surface area contributed by atoms with Crippen molar-refractivity contribution in [2.24, 2.45) is 0 Å². The molecule has 0 radical (unpaired) electrons. The summed E-state index contributed by atoms with van der Waals surface area (Å²) in [6.07, 6.45) is 0. The van der Waals surface area contributed by atoms with Gasteiger partial charge in [0.15, 0.2) is 5.78 Å². The Morgan fingerprint density at radius 1 is 1.75 bits per heavy atom. The number of hydrogen-bond acceptors (Lipinski definition) is 4. The molecule has 0 fully saturated rings. The van der Waals surface area contributed by atoms with Crippen LogP contribution in [-0.4, -0.2) is 28.6 Å². The number of thiol groups is 1. The molecule has 0 spiro atoms. The fourth-order valence-corrected chi connectivity index (χ4v) is 1.33. The van der Waals surface area contributed by atoms with Crippen LogP contribution in [-0.2, 0) is 9.59 Å². The normalized spacial score (nSPS) is 22.8. The standard InChI is InChI=1S/C7H9NO3S/c1-3(9)5-6(10)4(2-12)8-7(5)11/h4,10,12H,2H2,1H3,(H,8,11). The van der Waals surface area contributed by atoms with Crippen molar-refractivity contribution in [1.29, 1.82) is 0 Å². The Bertz CT molecular complexity index is 272. The van der Waals surface area contributed by atoms with Crippen molar-refractivity contribution >= 4 is 24.3 Å². The number of aliphatic hydroxyl groups excluding tert-OH is 1. The molecule has 2 N–H and O–H groups in total. The van der Waals surface area contributed by atoms with E-state index in [9.17, 15) is 14.7 Å². The maximum atomic E-state index is 11.0. The van der Waals surface area contributed by atoms with Crippen LogP contribution in [0.2, 0.25) is 0 Å². The van der Waals surface area contributed by atoms with Gasteiger partial charge >= 0.3 is 0 Å². The molecule has 1 heterocycles. The molecule has 0 aromatic rings. The van der Waals surface area contributed by atoms with Gasteiger partial charge in [-0.25, -0.2) is 0 Å². The quantitative estimate of drug-likeness (QED) is 0.415. The lowest BCUT2D eigenvalue weighted by Crippen LogP contribution is -2.30. The summed E-state index contributed by atoms with van der Waals surface area (Å²) in [5.74, 6) is -0.843. The van der Waals surface area contributed by atoms with Crippen LogP contribution in [0.1, 0.15) is 6.92 Å². The second-order valence-electron chi connectivity index (χ2n) is 2.53. The second kappa shape index (κ2) is 3.18. The molecule has 0 saturated heterocycles. The smallest absolute Gasteiger partial charge is 0.259 e. The van der Waals surface area contributed by atoms with Gasteiger partial charge in [-0.1, -0.05) is 0 Å². The summed E-state index contributed by atoms with van der Waals surface area (Å²) < 4.78 is 0. The number of aliphatic hydroxyl groups is 1. The predicted molar refractivity (Wildman–Crippen MR) is 46.1 cm³/mol. The lowest BCUT2D eigenvalue weighted by atomic mass is 10.1. The predicted octanol–water partition coefficient (Wildman–Crippen LogP) is -0.184. The van der Waals surface area contributed by atoms with Gasteiger partial charge in [-0.3, -0.25) is 9.59 Å². The van der Waals surface area contributed by atoms with Crippen molar-refractivity contribution in [2.45, 2.75) is 13.0 Å². The van der Waals surface area contributed by atoms with Gasteiger partial charge < -0.3 is 10.4 Å². The number of rotatable bonds is 2. The third kappa shape index (κ3) is 1.32. The number of Topliss-reactive ketones (excluding diaryl/α,β-unsaturated/α-hetero) is 1. The largest absolute Gasteiger partial charge is 0.509 e. The molecule has 1 unspecified atom stereocenters. The van der Waals surface area contributed by atoms with E-state index >= 15 is 0 Å². The Balaban J connectivity index is 3.01. The molecule has 0 saturated carbocycles. The van der Waals surface area contributed by atoms with Crippen molar-refractivity contribution in [3.63, 3.8) is 0 Å². The average Bonchev–Trinajstić information content (AvgIpc) is 2.25. The summed E-state index contributed by atoms with van der Waals surface area (Å²) in [5.41, 5.74) is -0.144. The molecular weight excluding hydrogens is 178 g/mol. The topological polar surface area (TPSA) is 66.4 Å². The third-order valence-corrected chi connectivity index (χ3v) is 2.02. The average molecular weight is 187 g/mol. The lowest BCUT2D eigenvalue weighted by molar-refractivity contribution is -0.121. The van der Waals surface area contributed by atoms with Gasteiger partial charge in [0, 0.05) is 5.75 Å². The number of amides is 1. The van der Waals surface area contributed by atoms with Crippen molar-refractivity contribution < 1.29 is 14.7 Å². The Morgan fingerprint density at radius 3 is 2.58 bits per heavy atom. The van der Waals surface area contributed by atoms with E-state index in [4.69, 9.17) is 0 Å². The molecule has 0 aromatic carbocycles. The minimum absolute atomic E-state index is 0.144. The molecular formula is C7H9NO3S. The Hall–Kier alpha value is -0.970. The summed E-state index contributed by atoms with van der Waals surface area (Å²) in [4.78, 5) is 21.8. The van der Waals surface area contributed by atoms with Gasteiger partial charge in [0.2, 0.25) is 0 Å². The molecule has 1 aliphatic heterocycles. The van der Waals surface area contributed by atoms with Crippen LogP contribution in [0, 0.1) is 0 Å². The fourth-order valence-electron chi connectivity index (χ4n) is 1.06. The van der Waals surface area contributed by atoms with Crippen molar-refractivity contribution in [3.05, 3.63) is 11.3 Å². The van der Waals surface area contributed by atoms with E-state index in [1.165, 1.54) is 6.92 Å². The van der Waals surface area contributed by atoms with Gasteiger partial charge in [0.1, 0.15) is 11.3 Å². The van der Waals surface area contributed by atoms with E-state index in [1.807, 2.05) is 0 Å². The van der Waals surface area contributed by atoms with E-state index in [0.717, 1.165) is 0 Å². The molecule has 1 aliphatic rings. The molecule has 5 heteroatoms. The van der Waals surface area contributed by atoms with E-state index in [0.29, 0.717) is 0 Å². The second-order valence-corrected chi connectivity index (χ2v) is 2.89. The van der Waals surface area contributed by atoms with Crippen molar-refractivity contribution in [3.8, 4) is 0 Å². The first-order chi connectivity index (χ1) is 5.57. The van der Waals surface area contributed by atoms with E-state index in [1.54, 1.807) is 0 Å². The zero-order valence-corrected chi connectivity index (χ0v) is 7.39. The van der Waals surface area contributed by atoms with Gasteiger partial charge in [-0.05, 0) is 6.92 Å². The molecule has 4 nitrogen and oxygen atoms in total. The first-order valence-electron chi connectivity index (χ1n) is 3.43. The molecule has 66 valence electrons. The molecule has 0 aromatic heterocycles. The number of carbonyl (C=O) groups is 2. The van der Waals surface area contributed by atoms with Gasteiger partial charge in [0.25, 0.3) is 5.91 Å². The van der Waals surface area contributed by atoms with E-state index < -0.39 is 17.7 Å². The van der Waals surface area contributed by atoms with Crippen LogP contribution in [0.3, 0.4) is 0 Å². The Morgan fingerprint density at radius 2 is 2.33 bits per heavy atom. The summed E-state index contributed by atoms with van der Waals surface area (Å²) in [6, 6.07) is -0.514. The zero-order valence-electron chi connectivity index (χ0n) is 6.50. The molecule has 1 atom stereocenters. The highest BCUT2D eigenvalue weighted by Gasteiger charge is 2.32. The number of carbonyl (C=O) groups excluding carboxylic acids is 2. The van der Waals surface area contributed by atoms with E-state index in [-0.39, 0.29) is 17.1 Å². The highest BCUT2D eigenvalue weighted by atomic mass is 32.1. The summed E-state index contributed by atoms with van der Waals surface area (Å²) in [7, 11) is 0. The summed E-state index contributed by atoms with van der Waals surface area (Å²) in [5, 5.41) is 11.7. The van der Waals surface area contributed by atoms with Crippen LogP contribution in [0.25, 0.3) is 0 Å². The lowest BCUT2D eigenvalue weighted by Gasteiger charge is -2.04. The first-order valence-corrected chi connectivity index (χ1v) is 4.07. The van der Waals surface area contributed by atoms with Crippen LogP contribution in [0.15, 0.2) is 11.3 Å². The zero-order chi connectivity index (χ0) is 9.30. The van der Waals surface area contributed by atoms with Gasteiger partial charge in [-0.15, -0.1) is 0 Å². The summed E-state index contributed by atoms with van der Waals surface area (Å²) in [6.45, 7) is 1.24. The van der Waals surface area contributed by atoms with Crippen LogP contribution in [0.4, 0.5) is 0 Å². The number of ketones is 1.